The molecule has 2 nitrogen and oxygen atoms in total. The number of benzene rings is 3. The Labute approximate surface area is 173 Å². The van der Waals surface area contributed by atoms with Crippen LogP contribution in [0.25, 0.3) is 27.7 Å². The van der Waals surface area contributed by atoms with E-state index in [-0.39, 0.29) is 0 Å². The summed E-state index contributed by atoms with van der Waals surface area (Å²) in [6, 6.07) is 20.6. The van der Waals surface area contributed by atoms with Crippen LogP contribution in [0.4, 0.5) is 0 Å². The Kier molecular flexibility index (Phi) is 4.28. The van der Waals surface area contributed by atoms with Crippen LogP contribution in [0, 0.1) is 6.92 Å². The van der Waals surface area contributed by atoms with Gasteiger partial charge in [0, 0.05) is 15.6 Å². The number of hydrogen-bond donors (Lipinski definition) is 1. The molecule has 0 fully saturated rings. The van der Waals surface area contributed by atoms with Crippen molar-refractivity contribution in [1.29, 1.82) is 0 Å². The van der Waals surface area contributed by atoms with Crippen LogP contribution in [0.5, 0.6) is 5.75 Å². The van der Waals surface area contributed by atoms with Crippen LogP contribution in [0.1, 0.15) is 29.7 Å². The van der Waals surface area contributed by atoms with E-state index in [0.717, 1.165) is 33.8 Å². The molecule has 28 heavy (non-hydrogen) atoms. The van der Waals surface area contributed by atoms with E-state index in [1.165, 1.54) is 40.9 Å². The number of hydrogen-bond acceptors (Lipinski definition) is 1. The number of fused-ring (bicyclic) bond motifs is 2. The van der Waals surface area contributed by atoms with Gasteiger partial charge < -0.3 is 9.67 Å². The summed E-state index contributed by atoms with van der Waals surface area (Å²) in [5, 5.41) is 12.4. The van der Waals surface area contributed by atoms with Crippen molar-refractivity contribution in [2.45, 2.75) is 32.6 Å². The average molecular weight is 432 g/mol. The second-order valence-corrected chi connectivity index (χ2v) is 8.54. The third-order valence-electron chi connectivity index (χ3n) is 5.93. The number of nitrogens with zero attached hydrogens (tertiary/aromatic N) is 1. The molecule has 1 aromatic heterocycles. The van der Waals surface area contributed by atoms with E-state index < -0.39 is 0 Å². The van der Waals surface area contributed by atoms with E-state index in [2.05, 4.69) is 69.9 Å². The Balaban J connectivity index is 1.88. The third-order valence-corrected chi connectivity index (χ3v) is 6.42. The topological polar surface area (TPSA) is 25.2 Å². The smallest absolute Gasteiger partial charge is 0.116 e. The highest BCUT2D eigenvalue weighted by Gasteiger charge is 2.25. The van der Waals surface area contributed by atoms with Gasteiger partial charge in [-0.1, -0.05) is 46.3 Å². The summed E-state index contributed by atoms with van der Waals surface area (Å²) in [6.07, 6.45) is 4.77. The number of phenolic OH excluding ortho intramolecular Hbond substituents is 1. The van der Waals surface area contributed by atoms with Gasteiger partial charge in [0.15, 0.2) is 0 Å². The van der Waals surface area contributed by atoms with Crippen LogP contribution in [-0.2, 0) is 12.8 Å². The Morgan fingerprint density at radius 1 is 0.893 bits per heavy atom. The lowest BCUT2D eigenvalue weighted by Gasteiger charge is -2.16. The lowest BCUT2D eigenvalue weighted by atomic mass is 9.91. The maximum atomic E-state index is 10.1. The molecule has 0 radical (unpaired) electrons. The third kappa shape index (κ3) is 2.77. The summed E-state index contributed by atoms with van der Waals surface area (Å²) in [7, 11) is 0. The molecule has 0 saturated carbocycles. The predicted molar refractivity (Wildman–Crippen MR) is 119 cm³/mol. The van der Waals surface area contributed by atoms with E-state index in [1.54, 1.807) is 6.07 Å². The maximum absolute atomic E-state index is 10.1. The molecule has 3 heteroatoms. The second-order valence-electron chi connectivity index (χ2n) is 7.63. The molecular weight excluding hydrogens is 410 g/mol. The zero-order chi connectivity index (χ0) is 19.3. The van der Waals surface area contributed by atoms with Gasteiger partial charge in [0.1, 0.15) is 5.75 Å². The molecule has 4 aromatic rings. The molecule has 1 aliphatic rings. The molecule has 0 saturated heterocycles. The molecule has 1 aliphatic carbocycles. The predicted octanol–water partition coefficient (Wildman–Crippen LogP) is 6.95. The molecule has 3 aromatic carbocycles. The van der Waals surface area contributed by atoms with E-state index in [0.29, 0.717) is 5.75 Å². The van der Waals surface area contributed by atoms with E-state index >= 15 is 0 Å². The minimum Gasteiger partial charge on any atom is -0.508 e. The first-order valence-electron chi connectivity index (χ1n) is 9.84. The molecule has 1 N–H and O–H groups in total. The van der Waals surface area contributed by atoms with Crippen LogP contribution in [0.3, 0.4) is 0 Å². The van der Waals surface area contributed by atoms with E-state index in [1.807, 2.05) is 12.1 Å². The maximum Gasteiger partial charge on any atom is 0.116 e. The highest BCUT2D eigenvalue weighted by molar-refractivity contribution is 9.10. The Morgan fingerprint density at radius 2 is 1.68 bits per heavy atom. The van der Waals surface area contributed by atoms with Crippen LogP contribution < -0.4 is 0 Å². The fraction of sp³-hybridized carbons (Fsp3) is 0.200. The molecule has 0 amide bonds. The summed E-state index contributed by atoms with van der Waals surface area (Å²) in [5.41, 5.74) is 7.97. The monoisotopic (exact) mass is 431 g/mol. The van der Waals surface area contributed by atoms with Crippen molar-refractivity contribution >= 4 is 26.7 Å². The van der Waals surface area contributed by atoms with Gasteiger partial charge in [-0.25, -0.2) is 0 Å². The highest BCUT2D eigenvalue weighted by Crippen LogP contribution is 2.40. The van der Waals surface area contributed by atoms with Crippen LogP contribution in [-0.4, -0.2) is 9.67 Å². The van der Waals surface area contributed by atoms with Crippen molar-refractivity contribution in [2.75, 3.05) is 0 Å². The fourth-order valence-corrected chi connectivity index (χ4v) is 5.08. The van der Waals surface area contributed by atoms with Gasteiger partial charge in [-0.05, 0) is 85.0 Å². The van der Waals surface area contributed by atoms with Crippen LogP contribution >= 0.6 is 15.9 Å². The zero-order valence-corrected chi connectivity index (χ0v) is 17.5. The molecule has 5 rings (SSSR count). The van der Waals surface area contributed by atoms with E-state index in [4.69, 9.17) is 0 Å². The lowest BCUT2D eigenvalue weighted by molar-refractivity contribution is 0.476. The number of aromatic nitrogens is 1. The number of phenols is 1. The van der Waals surface area contributed by atoms with Crippen LogP contribution in [0.2, 0.25) is 0 Å². The van der Waals surface area contributed by atoms with Gasteiger partial charge in [-0.15, -0.1) is 0 Å². The second kappa shape index (κ2) is 6.82. The van der Waals surface area contributed by atoms with Gasteiger partial charge in [0.2, 0.25) is 0 Å². The first kappa shape index (κ1) is 17.6. The average Bonchev–Trinajstić information content (AvgIpc) is 3.00. The van der Waals surface area contributed by atoms with Gasteiger partial charge in [0.05, 0.1) is 11.4 Å². The first-order chi connectivity index (χ1) is 13.6. The molecule has 1 heterocycles. The summed E-state index contributed by atoms with van der Waals surface area (Å²) in [4.78, 5) is 0. The normalized spacial score (nSPS) is 13.6. The Hall–Kier alpha value is -2.52. The lowest BCUT2D eigenvalue weighted by Crippen LogP contribution is -2.01. The van der Waals surface area contributed by atoms with Crippen molar-refractivity contribution in [3.63, 3.8) is 0 Å². The van der Waals surface area contributed by atoms with Gasteiger partial charge >= 0.3 is 0 Å². The molecule has 0 unspecified atom stereocenters. The largest absolute Gasteiger partial charge is 0.508 e. The highest BCUT2D eigenvalue weighted by atomic mass is 79.9. The molecule has 0 aliphatic heterocycles. The summed E-state index contributed by atoms with van der Waals surface area (Å²) in [6.45, 7) is 2.24. The molecule has 0 spiro atoms. The van der Waals surface area contributed by atoms with Gasteiger partial charge in [0.25, 0.3) is 0 Å². The van der Waals surface area contributed by atoms with Crippen molar-refractivity contribution in [2.24, 2.45) is 0 Å². The number of halogens is 1. The number of aromatic hydroxyl groups is 1. The number of rotatable bonds is 2. The van der Waals surface area contributed by atoms with Crippen molar-refractivity contribution < 1.29 is 5.11 Å². The quantitative estimate of drug-likeness (QED) is 0.364. The summed E-state index contributed by atoms with van der Waals surface area (Å²) < 4.78 is 3.51. The summed E-state index contributed by atoms with van der Waals surface area (Å²) >= 11 is 3.65. The van der Waals surface area contributed by atoms with Crippen molar-refractivity contribution in [3.8, 4) is 22.7 Å². The molecular formula is C25H22BrNO. The standard InChI is InChI=1S/C25H22BrNO/c1-16-21-9-2-3-10-22(21)25(18-7-4-8-19(26)14-18)27(16)24-11-5-6-17-12-13-20(28)15-23(17)24/h4-8,11-15,28H,2-3,9-10H2,1H3. The minimum absolute atomic E-state index is 0.304. The first-order valence-corrected chi connectivity index (χ1v) is 10.6. The van der Waals surface area contributed by atoms with E-state index in [9.17, 15) is 5.11 Å². The molecule has 0 atom stereocenters. The Bertz CT molecular complexity index is 1200. The Morgan fingerprint density at radius 3 is 2.50 bits per heavy atom. The minimum atomic E-state index is 0.304. The van der Waals surface area contributed by atoms with Crippen LogP contribution in [0.15, 0.2) is 65.1 Å². The zero-order valence-electron chi connectivity index (χ0n) is 15.9. The molecule has 140 valence electrons. The fourth-order valence-electron chi connectivity index (χ4n) is 4.68. The van der Waals surface area contributed by atoms with Crippen molar-refractivity contribution in [1.82, 2.24) is 4.57 Å². The SMILES string of the molecule is Cc1c2c(c(-c3cccc(Br)c3)n1-c1cccc3ccc(O)cc13)CCCC2. The molecule has 0 bridgehead atoms. The van der Waals surface area contributed by atoms with Crippen molar-refractivity contribution in [3.05, 3.63) is 82.0 Å². The van der Waals surface area contributed by atoms with Gasteiger partial charge in [-0.2, -0.15) is 0 Å². The summed E-state index contributed by atoms with van der Waals surface area (Å²) in [5.74, 6) is 0.304. The van der Waals surface area contributed by atoms with Gasteiger partial charge in [-0.3, -0.25) is 0 Å².